The molecule has 2 unspecified atom stereocenters. The van der Waals surface area contributed by atoms with Crippen molar-refractivity contribution in [1.82, 2.24) is 0 Å². The van der Waals surface area contributed by atoms with Crippen molar-refractivity contribution in [2.24, 2.45) is 0 Å². The highest BCUT2D eigenvalue weighted by atomic mass is 16.7. The Morgan fingerprint density at radius 2 is 1.91 bits per heavy atom. The molecule has 1 rings (SSSR count). The zero-order valence-corrected chi connectivity index (χ0v) is 8.05. The molecule has 3 heteroatoms. The fourth-order valence-corrected chi connectivity index (χ4v) is 0.934. The average Bonchev–Trinajstić information content (AvgIpc) is 2.44. The van der Waals surface area contributed by atoms with Gasteiger partial charge in [-0.2, -0.15) is 9.48 Å². The molecule has 1 aliphatic heterocycles. The zero-order valence-electron chi connectivity index (χ0n) is 8.05. The molecule has 0 aromatic rings. The molecular weight excluding hydrogens is 142 g/mol. The predicted molar refractivity (Wildman–Crippen MR) is 42.9 cm³/mol. The summed E-state index contributed by atoms with van der Waals surface area (Å²) in [6, 6.07) is 0. The van der Waals surface area contributed by atoms with Gasteiger partial charge in [0.15, 0.2) is 0 Å². The maximum Gasteiger partial charge on any atom is 0.145 e. The zero-order chi connectivity index (χ0) is 8.70. The monoisotopic (exact) mass is 160 g/mol. The largest absolute Gasteiger partial charge is 0.367 e. The lowest BCUT2D eigenvalue weighted by atomic mass is 10.1. The fourth-order valence-electron chi connectivity index (χ4n) is 0.934. The van der Waals surface area contributed by atoms with Gasteiger partial charge in [-0.25, -0.2) is 0 Å². The number of nitrogens with zero attached hydrogens (tertiary/aromatic N) is 1. The van der Waals surface area contributed by atoms with Crippen LogP contribution in [0, 0.1) is 0 Å². The second-order valence-corrected chi connectivity index (χ2v) is 4.24. The Bertz CT molecular complexity index is 147. The van der Waals surface area contributed by atoms with E-state index in [0.717, 1.165) is 6.61 Å². The van der Waals surface area contributed by atoms with Gasteiger partial charge in [-0.3, -0.25) is 0 Å². The standard InChI is InChI=1S/C8H18NO2/c1-7(8(2)6-10-8)11-9(3,4)5/h7H,6H2,1-5H3/q+1. The van der Waals surface area contributed by atoms with Crippen LogP contribution in [-0.4, -0.2) is 44.1 Å². The van der Waals surface area contributed by atoms with Crippen LogP contribution in [0.2, 0.25) is 0 Å². The third kappa shape index (κ3) is 2.43. The molecule has 0 aliphatic carbocycles. The minimum atomic E-state index is -0.0223. The number of rotatable bonds is 3. The van der Waals surface area contributed by atoms with E-state index in [2.05, 4.69) is 13.8 Å². The smallest absolute Gasteiger partial charge is 0.145 e. The third-order valence-electron chi connectivity index (χ3n) is 1.93. The van der Waals surface area contributed by atoms with Gasteiger partial charge in [-0.1, -0.05) is 0 Å². The van der Waals surface area contributed by atoms with Crippen LogP contribution in [0.3, 0.4) is 0 Å². The quantitative estimate of drug-likeness (QED) is 0.346. The van der Waals surface area contributed by atoms with Crippen LogP contribution in [0.1, 0.15) is 13.8 Å². The van der Waals surface area contributed by atoms with E-state index in [4.69, 9.17) is 9.57 Å². The summed E-state index contributed by atoms with van der Waals surface area (Å²) in [6.45, 7) is 4.96. The van der Waals surface area contributed by atoms with E-state index in [1.807, 2.05) is 21.1 Å². The second-order valence-electron chi connectivity index (χ2n) is 4.24. The van der Waals surface area contributed by atoms with Gasteiger partial charge in [0.25, 0.3) is 0 Å². The van der Waals surface area contributed by atoms with Crippen molar-refractivity contribution in [3.8, 4) is 0 Å². The molecule has 2 atom stereocenters. The summed E-state index contributed by atoms with van der Waals surface area (Å²) in [5.74, 6) is 0. The van der Waals surface area contributed by atoms with Crippen molar-refractivity contribution in [3.63, 3.8) is 0 Å². The normalized spacial score (nSPS) is 33.5. The van der Waals surface area contributed by atoms with Crippen molar-refractivity contribution < 1.29 is 14.2 Å². The molecule has 1 heterocycles. The highest BCUT2D eigenvalue weighted by Crippen LogP contribution is 2.32. The number of epoxide rings is 1. The van der Waals surface area contributed by atoms with Gasteiger partial charge in [0.2, 0.25) is 0 Å². The summed E-state index contributed by atoms with van der Waals surface area (Å²) in [5.41, 5.74) is -0.0223. The van der Waals surface area contributed by atoms with Gasteiger partial charge in [0.1, 0.15) is 11.7 Å². The molecular formula is C8H18NO2+. The number of hydrogen-bond donors (Lipinski definition) is 0. The van der Waals surface area contributed by atoms with Gasteiger partial charge in [0, 0.05) is 0 Å². The molecule has 11 heavy (non-hydrogen) atoms. The summed E-state index contributed by atoms with van der Waals surface area (Å²) in [5, 5.41) is 0. The molecule has 0 amide bonds. The topological polar surface area (TPSA) is 21.8 Å². The van der Waals surface area contributed by atoms with Crippen LogP contribution in [-0.2, 0) is 9.57 Å². The maximum atomic E-state index is 5.68. The van der Waals surface area contributed by atoms with Crippen LogP contribution < -0.4 is 0 Å². The Morgan fingerprint density at radius 1 is 1.45 bits per heavy atom. The Balaban J connectivity index is 2.38. The van der Waals surface area contributed by atoms with Gasteiger partial charge in [-0.15, -0.1) is 0 Å². The van der Waals surface area contributed by atoms with Crippen LogP contribution in [0.4, 0.5) is 0 Å². The van der Waals surface area contributed by atoms with Crippen molar-refractivity contribution in [2.75, 3.05) is 27.7 Å². The van der Waals surface area contributed by atoms with Crippen molar-refractivity contribution in [2.45, 2.75) is 25.6 Å². The summed E-state index contributed by atoms with van der Waals surface area (Å²) in [6.07, 6.45) is 0.169. The number of ether oxygens (including phenoxy) is 1. The van der Waals surface area contributed by atoms with Crippen molar-refractivity contribution in [3.05, 3.63) is 0 Å². The van der Waals surface area contributed by atoms with Crippen LogP contribution in [0.25, 0.3) is 0 Å². The van der Waals surface area contributed by atoms with Crippen LogP contribution >= 0.6 is 0 Å². The molecule has 0 N–H and O–H groups in total. The summed E-state index contributed by atoms with van der Waals surface area (Å²) >= 11 is 0. The van der Waals surface area contributed by atoms with Crippen molar-refractivity contribution >= 4 is 0 Å². The van der Waals surface area contributed by atoms with Gasteiger partial charge in [0.05, 0.1) is 27.7 Å². The van der Waals surface area contributed by atoms with E-state index in [1.165, 1.54) is 0 Å². The number of quaternary nitrogens is 1. The molecule has 1 saturated heterocycles. The molecule has 1 fully saturated rings. The average molecular weight is 160 g/mol. The molecule has 0 aromatic carbocycles. The first-order chi connectivity index (χ1) is 4.83. The van der Waals surface area contributed by atoms with Crippen LogP contribution in [0.15, 0.2) is 0 Å². The minimum absolute atomic E-state index is 0.0223. The van der Waals surface area contributed by atoms with E-state index >= 15 is 0 Å². The van der Waals surface area contributed by atoms with Gasteiger partial charge in [-0.05, 0) is 13.8 Å². The van der Waals surface area contributed by atoms with E-state index in [1.54, 1.807) is 0 Å². The maximum absolute atomic E-state index is 5.68. The molecule has 0 bridgehead atoms. The minimum Gasteiger partial charge on any atom is -0.367 e. The van der Waals surface area contributed by atoms with E-state index in [0.29, 0.717) is 4.65 Å². The molecule has 0 spiro atoms. The molecule has 1 aliphatic rings. The SMILES string of the molecule is CC(O[N+](C)(C)C)C1(C)CO1. The Labute approximate surface area is 68.4 Å². The molecule has 0 aromatic heterocycles. The lowest BCUT2D eigenvalue weighted by molar-refractivity contribution is -1.07. The molecule has 66 valence electrons. The first kappa shape index (κ1) is 8.97. The summed E-state index contributed by atoms with van der Waals surface area (Å²) in [4.78, 5) is 5.68. The Morgan fingerprint density at radius 3 is 2.18 bits per heavy atom. The second kappa shape index (κ2) is 2.44. The first-order valence-electron chi connectivity index (χ1n) is 3.97. The Hall–Kier alpha value is -0.120. The molecule has 0 radical (unpaired) electrons. The van der Waals surface area contributed by atoms with Gasteiger partial charge < -0.3 is 4.74 Å². The summed E-state index contributed by atoms with van der Waals surface area (Å²) in [7, 11) is 6.01. The fraction of sp³-hybridized carbons (Fsp3) is 1.00. The third-order valence-corrected chi connectivity index (χ3v) is 1.93. The highest BCUT2D eigenvalue weighted by Gasteiger charge is 2.48. The van der Waals surface area contributed by atoms with Gasteiger partial charge >= 0.3 is 0 Å². The lowest BCUT2D eigenvalue weighted by Crippen LogP contribution is -2.42. The van der Waals surface area contributed by atoms with Crippen LogP contribution in [0.5, 0.6) is 0 Å². The van der Waals surface area contributed by atoms with E-state index in [9.17, 15) is 0 Å². The lowest BCUT2D eigenvalue weighted by Gasteiger charge is -2.27. The van der Waals surface area contributed by atoms with E-state index in [-0.39, 0.29) is 11.7 Å². The van der Waals surface area contributed by atoms with Crippen molar-refractivity contribution in [1.29, 1.82) is 0 Å². The Kier molecular flexibility index (Phi) is 1.99. The number of hydroxylamine groups is 3. The van der Waals surface area contributed by atoms with E-state index < -0.39 is 0 Å². The summed E-state index contributed by atoms with van der Waals surface area (Å²) < 4.78 is 5.80. The highest BCUT2D eigenvalue weighted by molar-refractivity contribution is 4.92. The molecule has 3 nitrogen and oxygen atoms in total. The molecule has 0 saturated carbocycles. The predicted octanol–water partition coefficient (Wildman–Crippen LogP) is 0.802. The first-order valence-corrected chi connectivity index (χ1v) is 3.97. The number of hydrogen-bond acceptors (Lipinski definition) is 2.